The third-order valence-corrected chi connectivity index (χ3v) is 6.07. The summed E-state index contributed by atoms with van der Waals surface area (Å²) < 4.78 is 15.1. The van der Waals surface area contributed by atoms with Crippen LogP contribution in [0.5, 0.6) is 0 Å². The standard InChI is InChI=1S/C27H21FN8O/c1-14(2)27(37)32-17-8-16(12-30-13-17)19-9-20-22(10-21(19)28)35-36-24(20)26-33-23-18(5-7-31-25(23)34-26)15-4-3-6-29-11-15/h3-14H,1-2H3,(H,32,37)(H,35,36)(H,31,33,34). The van der Waals surface area contributed by atoms with Crippen molar-refractivity contribution in [3.8, 4) is 33.8 Å². The Bertz CT molecular complexity index is 1770. The maximum Gasteiger partial charge on any atom is 0.226 e. The molecule has 0 unspecified atom stereocenters. The van der Waals surface area contributed by atoms with Gasteiger partial charge in [0.25, 0.3) is 0 Å². The third kappa shape index (κ3) is 4.08. The summed E-state index contributed by atoms with van der Waals surface area (Å²) in [5.74, 6) is -0.279. The summed E-state index contributed by atoms with van der Waals surface area (Å²) >= 11 is 0. The predicted octanol–water partition coefficient (Wildman–Crippen LogP) is 5.36. The van der Waals surface area contributed by atoms with E-state index in [9.17, 15) is 4.79 Å². The Labute approximate surface area is 210 Å². The summed E-state index contributed by atoms with van der Waals surface area (Å²) in [7, 11) is 0. The van der Waals surface area contributed by atoms with Crippen molar-refractivity contribution in [1.29, 1.82) is 0 Å². The molecule has 0 spiro atoms. The number of fused-ring (bicyclic) bond motifs is 2. The number of aromatic amines is 2. The number of amides is 1. The van der Waals surface area contributed by atoms with Gasteiger partial charge in [0.2, 0.25) is 5.91 Å². The van der Waals surface area contributed by atoms with Crippen LogP contribution in [0.4, 0.5) is 10.1 Å². The second kappa shape index (κ2) is 8.90. The number of H-pyrrole nitrogens is 2. The number of anilines is 1. The second-order valence-electron chi connectivity index (χ2n) is 8.94. The van der Waals surface area contributed by atoms with Gasteiger partial charge in [0.1, 0.15) is 17.0 Å². The molecular formula is C27H21FN8O. The zero-order chi connectivity index (χ0) is 25.5. The Hall–Kier alpha value is -4.99. The molecule has 10 heteroatoms. The van der Waals surface area contributed by atoms with Crippen molar-refractivity contribution in [2.75, 3.05) is 5.32 Å². The molecule has 0 fully saturated rings. The lowest BCUT2D eigenvalue weighted by Gasteiger charge is -2.09. The minimum atomic E-state index is -0.443. The molecule has 3 N–H and O–H groups in total. The third-order valence-electron chi connectivity index (χ3n) is 6.07. The summed E-state index contributed by atoms with van der Waals surface area (Å²) in [5, 5.41) is 10.8. The van der Waals surface area contributed by atoms with Crippen LogP contribution >= 0.6 is 0 Å². The van der Waals surface area contributed by atoms with Crippen LogP contribution in [-0.2, 0) is 4.79 Å². The Morgan fingerprint density at radius 3 is 2.68 bits per heavy atom. The largest absolute Gasteiger partial charge is 0.324 e. The molecule has 0 aliphatic heterocycles. The van der Waals surface area contributed by atoms with Crippen molar-refractivity contribution in [2.45, 2.75) is 13.8 Å². The fourth-order valence-corrected chi connectivity index (χ4v) is 4.16. The van der Waals surface area contributed by atoms with Gasteiger partial charge in [-0.1, -0.05) is 19.9 Å². The van der Waals surface area contributed by atoms with Crippen molar-refractivity contribution < 1.29 is 9.18 Å². The van der Waals surface area contributed by atoms with E-state index in [1.54, 1.807) is 50.8 Å². The summed E-state index contributed by atoms with van der Waals surface area (Å²) in [6.07, 6.45) is 8.29. The molecule has 1 aromatic carbocycles. The number of hydrogen-bond acceptors (Lipinski definition) is 6. The van der Waals surface area contributed by atoms with Crippen LogP contribution in [0.1, 0.15) is 13.8 Å². The number of pyridine rings is 3. The SMILES string of the molecule is CC(C)C(=O)Nc1cncc(-c2cc3c(-c4nc5c(-c6cccnc6)ccnc5[nH]4)n[nH]c3cc2F)c1. The number of nitrogens with zero attached hydrogens (tertiary/aromatic N) is 5. The zero-order valence-corrected chi connectivity index (χ0v) is 20.0. The molecule has 0 saturated carbocycles. The van der Waals surface area contributed by atoms with Crippen LogP contribution in [0, 0.1) is 11.7 Å². The number of aromatic nitrogens is 7. The number of imidazole rings is 1. The Morgan fingerprint density at radius 2 is 1.86 bits per heavy atom. The minimum absolute atomic E-state index is 0.142. The molecule has 6 rings (SSSR count). The lowest BCUT2D eigenvalue weighted by molar-refractivity contribution is -0.118. The zero-order valence-electron chi connectivity index (χ0n) is 20.0. The van der Waals surface area contributed by atoms with Crippen molar-refractivity contribution in [3.63, 3.8) is 0 Å². The first-order chi connectivity index (χ1) is 18.0. The summed E-state index contributed by atoms with van der Waals surface area (Å²) in [4.78, 5) is 33.0. The number of benzene rings is 1. The van der Waals surface area contributed by atoms with Gasteiger partial charge in [0, 0.05) is 64.4 Å². The fourth-order valence-electron chi connectivity index (χ4n) is 4.16. The van der Waals surface area contributed by atoms with Crippen molar-refractivity contribution in [2.24, 2.45) is 5.92 Å². The highest BCUT2D eigenvalue weighted by Gasteiger charge is 2.19. The molecule has 9 nitrogen and oxygen atoms in total. The molecule has 0 atom stereocenters. The molecule has 0 saturated heterocycles. The normalized spacial score (nSPS) is 11.5. The monoisotopic (exact) mass is 492 g/mol. The van der Waals surface area contributed by atoms with Crippen molar-refractivity contribution in [1.82, 2.24) is 35.1 Å². The lowest BCUT2D eigenvalue weighted by Crippen LogP contribution is -2.17. The van der Waals surface area contributed by atoms with E-state index in [1.165, 1.54) is 12.3 Å². The maximum atomic E-state index is 15.1. The minimum Gasteiger partial charge on any atom is -0.324 e. The lowest BCUT2D eigenvalue weighted by atomic mass is 10.0. The molecule has 5 heterocycles. The summed E-state index contributed by atoms with van der Waals surface area (Å²) in [5.41, 5.74) is 5.49. The highest BCUT2D eigenvalue weighted by molar-refractivity contribution is 5.98. The molecule has 0 aliphatic carbocycles. The van der Waals surface area contributed by atoms with Crippen LogP contribution < -0.4 is 5.32 Å². The number of hydrogen-bond donors (Lipinski definition) is 3. The van der Waals surface area contributed by atoms with E-state index in [2.05, 4.69) is 35.5 Å². The van der Waals surface area contributed by atoms with Gasteiger partial charge in [0.05, 0.1) is 17.4 Å². The Balaban J connectivity index is 1.44. The number of carbonyl (C=O) groups excluding carboxylic acids is 1. The van der Waals surface area contributed by atoms with Crippen molar-refractivity contribution in [3.05, 3.63) is 73.2 Å². The highest BCUT2D eigenvalue weighted by atomic mass is 19.1. The van der Waals surface area contributed by atoms with Crippen molar-refractivity contribution >= 4 is 33.7 Å². The van der Waals surface area contributed by atoms with Gasteiger partial charge < -0.3 is 10.3 Å². The molecule has 0 aliphatic rings. The first kappa shape index (κ1) is 22.5. The van der Waals surface area contributed by atoms with Gasteiger partial charge in [-0.05, 0) is 24.3 Å². The topological polar surface area (TPSA) is 125 Å². The second-order valence-corrected chi connectivity index (χ2v) is 8.94. The molecule has 6 aromatic rings. The van der Waals surface area contributed by atoms with E-state index in [0.717, 1.165) is 11.1 Å². The highest BCUT2D eigenvalue weighted by Crippen LogP contribution is 2.34. The van der Waals surface area contributed by atoms with Gasteiger partial charge in [-0.15, -0.1) is 0 Å². The average Bonchev–Trinajstić information content (AvgIpc) is 3.52. The maximum absolute atomic E-state index is 15.1. The molecule has 37 heavy (non-hydrogen) atoms. The van der Waals surface area contributed by atoms with E-state index >= 15 is 4.39 Å². The summed E-state index contributed by atoms with van der Waals surface area (Å²) in [6.45, 7) is 3.60. The van der Waals surface area contributed by atoms with E-state index in [4.69, 9.17) is 4.98 Å². The number of rotatable bonds is 5. The van der Waals surface area contributed by atoms with Gasteiger partial charge in [-0.2, -0.15) is 5.10 Å². The number of nitrogens with one attached hydrogen (secondary N) is 3. The summed E-state index contributed by atoms with van der Waals surface area (Å²) in [6, 6.07) is 10.5. The Kier molecular flexibility index (Phi) is 5.41. The van der Waals surface area contributed by atoms with E-state index < -0.39 is 5.82 Å². The molecule has 0 bridgehead atoms. The Morgan fingerprint density at radius 1 is 1.00 bits per heavy atom. The van der Waals surface area contributed by atoms with E-state index in [0.29, 0.717) is 50.4 Å². The quantitative estimate of drug-likeness (QED) is 0.298. The number of halogens is 1. The van der Waals surface area contributed by atoms with Crippen LogP contribution in [0.15, 0.2) is 67.4 Å². The molecule has 1 amide bonds. The van der Waals surface area contributed by atoms with Gasteiger partial charge in [-0.25, -0.2) is 14.4 Å². The predicted molar refractivity (Wildman–Crippen MR) is 139 cm³/mol. The molecule has 182 valence electrons. The van der Waals surface area contributed by atoms with Gasteiger partial charge in [0.15, 0.2) is 11.5 Å². The number of carbonyl (C=O) groups is 1. The average molecular weight is 493 g/mol. The van der Waals surface area contributed by atoms with E-state index in [1.807, 2.05) is 18.2 Å². The van der Waals surface area contributed by atoms with Crippen LogP contribution in [0.2, 0.25) is 0 Å². The molecule has 0 radical (unpaired) electrons. The first-order valence-corrected chi connectivity index (χ1v) is 11.7. The van der Waals surface area contributed by atoms with Crippen LogP contribution in [0.25, 0.3) is 55.8 Å². The van der Waals surface area contributed by atoms with Crippen LogP contribution in [0.3, 0.4) is 0 Å². The van der Waals surface area contributed by atoms with Crippen LogP contribution in [-0.4, -0.2) is 41.0 Å². The first-order valence-electron chi connectivity index (χ1n) is 11.7. The van der Waals surface area contributed by atoms with Gasteiger partial charge >= 0.3 is 0 Å². The molecule has 5 aromatic heterocycles. The van der Waals surface area contributed by atoms with Gasteiger partial charge in [-0.3, -0.25) is 19.9 Å². The smallest absolute Gasteiger partial charge is 0.226 e. The van der Waals surface area contributed by atoms with E-state index in [-0.39, 0.29) is 11.8 Å². The molecular weight excluding hydrogens is 471 g/mol. The fraction of sp³-hybridized carbons (Fsp3) is 0.111.